The topological polar surface area (TPSA) is 39.2 Å². The number of nitrogens with zero attached hydrogens (tertiary/aromatic N) is 1. The van der Waals surface area contributed by atoms with Crippen molar-refractivity contribution in [3.63, 3.8) is 0 Å². The number of ether oxygens (including phenoxy) is 1. The van der Waals surface area contributed by atoms with Crippen molar-refractivity contribution in [3.8, 4) is 0 Å². The van der Waals surface area contributed by atoms with E-state index in [0.717, 1.165) is 0 Å². The van der Waals surface area contributed by atoms with Gasteiger partial charge in [-0.2, -0.15) is 0 Å². The predicted molar refractivity (Wildman–Crippen MR) is 45.2 cm³/mol. The van der Waals surface area contributed by atoms with Gasteiger partial charge in [0.15, 0.2) is 0 Å². The molecule has 0 atom stereocenters. The minimum Gasteiger partial charge on any atom is -0.462 e. The third-order valence-electron chi connectivity index (χ3n) is 1.54. The lowest BCUT2D eigenvalue weighted by atomic mass is 10.2. The molecule has 14 heavy (non-hydrogen) atoms. The summed E-state index contributed by atoms with van der Waals surface area (Å²) in [7, 11) is 0. The lowest BCUT2D eigenvalue weighted by molar-refractivity contribution is 0.0513. The van der Waals surface area contributed by atoms with Gasteiger partial charge in [-0.3, -0.25) is 4.98 Å². The molecule has 0 aliphatic rings. The lowest BCUT2D eigenvalue weighted by Crippen LogP contribution is -2.09. The van der Waals surface area contributed by atoms with Crippen LogP contribution in [0.2, 0.25) is 0 Å². The first kappa shape index (κ1) is 10.6. The second-order valence-electron chi connectivity index (χ2n) is 2.46. The van der Waals surface area contributed by atoms with Crippen LogP contribution >= 0.6 is 0 Å². The molecule has 0 aliphatic heterocycles. The number of carbonyl (C=O) groups excluding carboxylic acids is 1. The Morgan fingerprint density at radius 2 is 2.36 bits per heavy atom. The predicted octanol–water partition coefficient (Wildman–Crippen LogP) is 2.20. The van der Waals surface area contributed by atoms with Gasteiger partial charge in [0.2, 0.25) is 0 Å². The van der Waals surface area contributed by atoms with Gasteiger partial charge in [0, 0.05) is 6.20 Å². The highest BCUT2D eigenvalue weighted by Crippen LogP contribution is 2.20. The molecule has 0 spiro atoms. The quantitative estimate of drug-likeness (QED) is 0.703. The Balaban J connectivity index is 3.00. The molecule has 0 N–H and O–H groups in total. The first-order chi connectivity index (χ1) is 6.66. The number of halogens is 2. The fourth-order valence-electron chi connectivity index (χ4n) is 0.973. The van der Waals surface area contributed by atoms with Gasteiger partial charge in [0.05, 0.1) is 12.2 Å². The molecule has 0 aliphatic carbocycles. The molecular formula is C9H9F2NO2. The van der Waals surface area contributed by atoms with Gasteiger partial charge in [-0.15, -0.1) is 0 Å². The Hall–Kier alpha value is -1.52. The van der Waals surface area contributed by atoms with Crippen molar-refractivity contribution in [2.45, 2.75) is 13.3 Å². The Morgan fingerprint density at radius 1 is 1.64 bits per heavy atom. The van der Waals surface area contributed by atoms with Crippen LogP contribution in [0.4, 0.5) is 8.78 Å². The molecule has 76 valence electrons. The molecule has 0 amide bonds. The van der Waals surface area contributed by atoms with E-state index in [0.29, 0.717) is 0 Å². The number of hydrogen-bond donors (Lipinski definition) is 0. The molecule has 1 aromatic heterocycles. The van der Waals surface area contributed by atoms with Crippen molar-refractivity contribution < 1.29 is 18.3 Å². The highest BCUT2D eigenvalue weighted by molar-refractivity contribution is 5.90. The SMILES string of the molecule is CCOC(=O)c1cccnc1C(F)F. The zero-order valence-corrected chi connectivity index (χ0v) is 7.54. The Morgan fingerprint density at radius 3 is 2.93 bits per heavy atom. The average molecular weight is 201 g/mol. The fraction of sp³-hybridized carbons (Fsp3) is 0.333. The zero-order chi connectivity index (χ0) is 10.6. The second-order valence-corrected chi connectivity index (χ2v) is 2.46. The van der Waals surface area contributed by atoms with E-state index < -0.39 is 18.1 Å². The standard InChI is InChI=1S/C9H9F2NO2/c1-2-14-9(13)6-4-3-5-12-7(6)8(10)11/h3-5,8H,2H2,1H3. The van der Waals surface area contributed by atoms with Crippen LogP contribution in [0.5, 0.6) is 0 Å². The minimum absolute atomic E-state index is 0.149. The van der Waals surface area contributed by atoms with E-state index in [1.54, 1.807) is 6.92 Å². The fourth-order valence-corrected chi connectivity index (χ4v) is 0.973. The molecule has 0 saturated carbocycles. The van der Waals surface area contributed by atoms with Crippen LogP contribution in [0.15, 0.2) is 18.3 Å². The van der Waals surface area contributed by atoms with Gasteiger partial charge in [0.1, 0.15) is 5.69 Å². The minimum atomic E-state index is -2.77. The molecule has 1 aromatic rings. The maximum absolute atomic E-state index is 12.4. The number of pyridine rings is 1. The highest BCUT2D eigenvalue weighted by atomic mass is 19.3. The molecule has 0 saturated heterocycles. The number of hydrogen-bond acceptors (Lipinski definition) is 3. The van der Waals surface area contributed by atoms with Crippen molar-refractivity contribution in [2.75, 3.05) is 6.61 Å². The monoisotopic (exact) mass is 201 g/mol. The van der Waals surface area contributed by atoms with Gasteiger partial charge in [-0.1, -0.05) is 0 Å². The van der Waals surface area contributed by atoms with Gasteiger partial charge < -0.3 is 4.74 Å². The molecule has 1 heterocycles. The maximum Gasteiger partial charge on any atom is 0.340 e. The molecule has 0 fully saturated rings. The van der Waals surface area contributed by atoms with Crippen molar-refractivity contribution in [1.82, 2.24) is 4.98 Å². The van der Waals surface area contributed by atoms with E-state index in [1.807, 2.05) is 0 Å². The number of alkyl halides is 2. The number of esters is 1. The molecular weight excluding hydrogens is 192 g/mol. The summed E-state index contributed by atoms with van der Waals surface area (Å²) >= 11 is 0. The van der Waals surface area contributed by atoms with Crippen molar-refractivity contribution in [2.24, 2.45) is 0 Å². The van der Waals surface area contributed by atoms with Crippen molar-refractivity contribution in [3.05, 3.63) is 29.6 Å². The van der Waals surface area contributed by atoms with Gasteiger partial charge in [-0.25, -0.2) is 13.6 Å². The largest absolute Gasteiger partial charge is 0.462 e. The van der Waals surface area contributed by atoms with Gasteiger partial charge in [0.25, 0.3) is 6.43 Å². The molecule has 3 nitrogen and oxygen atoms in total. The summed E-state index contributed by atoms with van der Waals surface area (Å²) in [6, 6.07) is 2.69. The van der Waals surface area contributed by atoms with Crippen LogP contribution < -0.4 is 0 Å². The molecule has 5 heteroatoms. The number of carbonyl (C=O) groups is 1. The van der Waals surface area contributed by atoms with E-state index in [-0.39, 0.29) is 12.2 Å². The van der Waals surface area contributed by atoms with Crippen LogP contribution in [0.1, 0.15) is 29.4 Å². The van der Waals surface area contributed by atoms with Crippen LogP contribution in [0, 0.1) is 0 Å². The van der Waals surface area contributed by atoms with Crippen molar-refractivity contribution >= 4 is 5.97 Å². The van der Waals surface area contributed by atoms with Crippen molar-refractivity contribution in [1.29, 1.82) is 0 Å². The highest BCUT2D eigenvalue weighted by Gasteiger charge is 2.19. The van der Waals surface area contributed by atoms with E-state index in [4.69, 9.17) is 0 Å². The first-order valence-electron chi connectivity index (χ1n) is 4.07. The molecule has 0 aromatic carbocycles. The molecule has 0 radical (unpaired) electrons. The third kappa shape index (κ3) is 2.25. The Kier molecular flexibility index (Phi) is 3.50. The second kappa shape index (κ2) is 4.64. The Labute approximate surface area is 79.7 Å². The normalized spacial score (nSPS) is 10.3. The summed E-state index contributed by atoms with van der Waals surface area (Å²) in [5, 5.41) is 0. The summed E-state index contributed by atoms with van der Waals surface area (Å²) in [5.41, 5.74) is -0.713. The summed E-state index contributed by atoms with van der Waals surface area (Å²) in [6.07, 6.45) is -1.56. The van der Waals surface area contributed by atoms with E-state index in [9.17, 15) is 13.6 Å². The molecule has 0 bridgehead atoms. The van der Waals surface area contributed by atoms with Crippen LogP contribution in [0.3, 0.4) is 0 Å². The van der Waals surface area contributed by atoms with Crippen LogP contribution in [-0.2, 0) is 4.74 Å². The van der Waals surface area contributed by atoms with Crippen LogP contribution in [-0.4, -0.2) is 17.6 Å². The number of rotatable bonds is 3. The molecule has 0 unspecified atom stereocenters. The van der Waals surface area contributed by atoms with Gasteiger partial charge >= 0.3 is 5.97 Å². The van der Waals surface area contributed by atoms with Gasteiger partial charge in [-0.05, 0) is 19.1 Å². The summed E-state index contributed by atoms with van der Waals surface area (Å²) in [4.78, 5) is 14.6. The third-order valence-corrected chi connectivity index (χ3v) is 1.54. The maximum atomic E-state index is 12.4. The zero-order valence-electron chi connectivity index (χ0n) is 7.54. The number of aromatic nitrogens is 1. The summed E-state index contributed by atoms with van der Waals surface area (Å²) < 4.78 is 29.3. The summed E-state index contributed by atoms with van der Waals surface area (Å²) in [6.45, 7) is 1.76. The Bertz CT molecular complexity index is 328. The summed E-state index contributed by atoms with van der Waals surface area (Å²) in [5.74, 6) is -0.768. The van der Waals surface area contributed by atoms with E-state index >= 15 is 0 Å². The average Bonchev–Trinajstić information content (AvgIpc) is 2.18. The smallest absolute Gasteiger partial charge is 0.340 e. The molecule has 1 rings (SSSR count). The first-order valence-corrected chi connectivity index (χ1v) is 4.07. The van der Waals surface area contributed by atoms with E-state index in [2.05, 4.69) is 9.72 Å². The van der Waals surface area contributed by atoms with Crippen LogP contribution in [0.25, 0.3) is 0 Å². The lowest BCUT2D eigenvalue weighted by Gasteiger charge is -2.05. The van der Waals surface area contributed by atoms with E-state index in [1.165, 1.54) is 18.3 Å².